The third kappa shape index (κ3) is 4.48. The number of carbonyl (C=O) groups is 1. The van der Waals surface area contributed by atoms with Crippen LogP contribution < -0.4 is 0 Å². The van der Waals surface area contributed by atoms with Crippen LogP contribution in [0.5, 0.6) is 0 Å². The van der Waals surface area contributed by atoms with Gasteiger partial charge in [-0.2, -0.15) is 8.78 Å². The van der Waals surface area contributed by atoms with Crippen LogP contribution in [0.25, 0.3) is 0 Å². The normalized spacial score (nSPS) is 11.7. The molecule has 0 fully saturated rings. The molecule has 0 aliphatic rings. The predicted octanol–water partition coefficient (Wildman–Crippen LogP) is 4.22. The van der Waals surface area contributed by atoms with Gasteiger partial charge >= 0.3 is 5.76 Å². The number of rotatable bonds is 8. The Kier molecular flexibility index (Phi) is 6.25. The van der Waals surface area contributed by atoms with Gasteiger partial charge in [0.05, 0.1) is 23.0 Å². The first-order chi connectivity index (χ1) is 13.4. The fourth-order valence-corrected chi connectivity index (χ4v) is 4.33. The van der Waals surface area contributed by atoms with Gasteiger partial charge in [-0.25, -0.2) is 8.42 Å². The number of furan rings is 1. The lowest BCUT2D eigenvalue weighted by Gasteiger charge is -2.23. The van der Waals surface area contributed by atoms with E-state index >= 15 is 0 Å². The van der Waals surface area contributed by atoms with E-state index in [0.717, 1.165) is 10.9 Å². The molecule has 0 bridgehead atoms. The summed E-state index contributed by atoms with van der Waals surface area (Å²) in [7, 11) is -4.90. The molecule has 5 nitrogen and oxygen atoms in total. The van der Waals surface area contributed by atoms with Gasteiger partial charge in [0.15, 0.2) is 0 Å². The zero-order valence-corrected chi connectivity index (χ0v) is 16.3. The second-order valence-electron chi connectivity index (χ2n) is 5.99. The summed E-state index contributed by atoms with van der Waals surface area (Å²) in [6, 6.07) is 10.6. The summed E-state index contributed by atoms with van der Waals surface area (Å²) in [5, 5.41) is 1.92. The number of nitrogens with zero attached hydrogens (tertiary/aromatic N) is 1. The van der Waals surface area contributed by atoms with Crippen molar-refractivity contribution in [1.29, 1.82) is 0 Å². The lowest BCUT2D eigenvalue weighted by molar-refractivity contribution is 0.0741. The van der Waals surface area contributed by atoms with Crippen molar-refractivity contribution in [2.24, 2.45) is 0 Å². The minimum Gasteiger partial charge on any atom is -0.472 e. The largest absolute Gasteiger partial charge is 0.472 e. The highest BCUT2D eigenvalue weighted by Crippen LogP contribution is 2.24. The second-order valence-corrected chi connectivity index (χ2v) is 8.91. The first-order valence-electron chi connectivity index (χ1n) is 8.33. The smallest absolute Gasteiger partial charge is 0.341 e. The number of carbonyl (C=O) groups excluding carboxylic acids is 1. The Hall–Kier alpha value is -2.52. The Bertz CT molecular complexity index is 1020. The summed E-state index contributed by atoms with van der Waals surface area (Å²) in [5.41, 5.74) is 0.450. The first kappa shape index (κ1) is 20.2. The number of halogens is 2. The van der Waals surface area contributed by atoms with Gasteiger partial charge in [0.1, 0.15) is 0 Å². The molecule has 0 saturated heterocycles. The van der Waals surface area contributed by atoms with Crippen LogP contribution in [-0.2, 0) is 22.8 Å². The van der Waals surface area contributed by atoms with Crippen LogP contribution in [0.15, 0.2) is 69.7 Å². The number of thiophene rings is 1. The van der Waals surface area contributed by atoms with Gasteiger partial charge in [0, 0.05) is 23.5 Å². The average Bonchev–Trinajstić information content (AvgIpc) is 3.38. The van der Waals surface area contributed by atoms with E-state index in [9.17, 15) is 22.0 Å². The van der Waals surface area contributed by atoms with Crippen molar-refractivity contribution in [3.8, 4) is 0 Å². The highest BCUT2D eigenvalue weighted by molar-refractivity contribution is 7.91. The van der Waals surface area contributed by atoms with E-state index in [2.05, 4.69) is 0 Å². The molecule has 0 aliphatic carbocycles. The number of amides is 1. The van der Waals surface area contributed by atoms with E-state index in [-0.39, 0.29) is 12.1 Å². The van der Waals surface area contributed by atoms with Gasteiger partial charge < -0.3 is 9.32 Å². The summed E-state index contributed by atoms with van der Waals surface area (Å²) in [6.45, 7) is 0.470. The molecule has 0 unspecified atom stereocenters. The molecule has 2 aromatic heterocycles. The summed E-state index contributed by atoms with van der Waals surface area (Å²) in [6.07, 6.45) is 3.50. The van der Waals surface area contributed by atoms with Gasteiger partial charge in [-0.3, -0.25) is 4.79 Å². The van der Waals surface area contributed by atoms with Crippen LogP contribution in [0.2, 0.25) is 0 Å². The van der Waals surface area contributed by atoms with E-state index in [1.165, 1.54) is 35.6 Å². The molecule has 3 rings (SSSR count). The standard InChI is InChI=1S/C19H17F2NO4S2/c20-19(21)28(24,25)17-6-2-1-5-16(17)18(23)22(12-14-8-10-26-13-14)9-7-15-4-3-11-27-15/h1-6,8,10-11,13,19H,7,9,12H2. The lowest BCUT2D eigenvalue weighted by Crippen LogP contribution is -2.33. The summed E-state index contributed by atoms with van der Waals surface area (Å²) in [5.74, 6) is -4.23. The highest BCUT2D eigenvalue weighted by atomic mass is 32.2. The molecule has 0 aliphatic heterocycles. The number of hydrogen-bond donors (Lipinski definition) is 0. The topological polar surface area (TPSA) is 67.6 Å². The molecular formula is C19H17F2NO4S2. The summed E-state index contributed by atoms with van der Waals surface area (Å²) >= 11 is 1.54. The van der Waals surface area contributed by atoms with E-state index < -0.39 is 26.4 Å². The Morgan fingerprint density at radius 3 is 2.57 bits per heavy atom. The van der Waals surface area contributed by atoms with Crippen LogP contribution in [0, 0.1) is 0 Å². The second kappa shape index (κ2) is 8.66. The molecule has 0 atom stereocenters. The van der Waals surface area contributed by atoms with E-state index in [1.807, 2.05) is 17.5 Å². The van der Waals surface area contributed by atoms with E-state index in [4.69, 9.17) is 4.42 Å². The van der Waals surface area contributed by atoms with Crippen LogP contribution in [0.3, 0.4) is 0 Å². The number of alkyl halides is 2. The van der Waals surface area contributed by atoms with Crippen molar-refractivity contribution >= 4 is 27.1 Å². The molecule has 1 aromatic carbocycles. The van der Waals surface area contributed by atoms with Crippen LogP contribution in [-0.4, -0.2) is 31.5 Å². The number of hydrogen-bond acceptors (Lipinski definition) is 5. The van der Waals surface area contributed by atoms with Crippen molar-refractivity contribution in [1.82, 2.24) is 4.90 Å². The third-order valence-corrected chi connectivity index (χ3v) is 6.48. The summed E-state index contributed by atoms with van der Waals surface area (Å²) < 4.78 is 55.2. The first-order valence-corrected chi connectivity index (χ1v) is 10.8. The predicted molar refractivity (Wildman–Crippen MR) is 101 cm³/mol. The maximum atomic E-state index is 13.1. The van der Waals surface area contributed by atoms with Gasteiger partial charge in [-0.15, -0.1) is 11.3 Å². The van der Waals surface area contributed by atoms with Crippen LogP contribution in [0.4, 0.5) is 8.78 Å². The monoisotopic (exact) mass is 425 g/mol. The Morgan fingerprint density at radius 1 is 1.14 bits per heavy atom. The fourth-order valence-electron chi connectivity index (χ4n) is 2.71. The molecule has 0 saturated carbocycles. The zero-order valence-electron chi connectivity index (χ0n) is 14.6. The molecule has 2 heterocycles. The molecule has 0 N–H and O–H groups in total. The molecule has 28 heavy (non-hydrogen) atoms. The maximum Gasteiger partial charge on any atom is 0.341 e. The van der Waals surface area contributed by atoms with Crippen molar-refractivity contribution in [2.75, 3.05) is 6.54 Å². The van der Waals surface area contributed by atoms with Crippen molar-refractivity contribution in [3.05, 3.63) is 76.4 Å². The van der Waals surface area contributed by atoms with Gasteiger partial charge in [0.2, 0.25) is 9.84 Å². The molecule has 1 amide bonds. The van der Waals surface area contributed by atoms with E-state index in [0.29, 0.717) is 18.5 Å². The molecule has 3 aromatic rings. The molecule has 0 spiro atoms. The minimum atomic E-state index is -4.90. The zero-order chi connectivity index (χ0) is 20.1. The fraction of sp³-hybridized carbons (Fsp3) is 0.211. The molecular weight excluding hydrogens is 408 g/mol. The molecule has 9 heteroatoms. The molecule has 0 radical (unpaired) electrons. The van der Waals surface area contributed by atoms with Crippen molar-refractivity contribution in [3.63, 3.8) is 0 Å². The third-order valence-electron chi connectivity index (χ3n) is 4.11. The Balaban J connectivity index is 1.92. The SMILES string of the molecule is O=C(c1ccccc1S(=O)(=O)C(F)F)N(CCc1cccs1)Cc1ccoc1. The quantitative estimate of drug-likeness (QED) is 0.542. The molecule has 148 valence electrons. The minimum absolute atomic E-state index is 0.170. The van der Waals surface area contributed by atoms with E-state index in [1.54, 1.807) is 17.4 Å². The van der Waals surface area contributed by atoms with Gasteiger partial charge in [-0.05, 0) is 36.1 Å². The van der Waals surface area contributed by atoms with Gasteiger partial charge in [-0.1, -0.05) is 18.2 Å². The Morgan fingerprint density at radius 2 is 1.93 bits per heavy atom. The van der Waals surface area contributed by atoms with Crippen molar-refractivity contribution < 1.29 is 26.4 Å². The summed E-state index contributed by atoms with van der Waals surface area (Å²) in [4.78, 5) is 14.9. The maximum absolute atomic E-state index is 13.1. The Labute approximate surface area is 165 Å². The van der Waals surface area contributed by atoms with Crippen LogP contribution >= 0.6 is 11.3 Å². The lowest BCUT2D eigenvalue weighted by atomic mass is 10.1. The number of benzene rings is 1. The average molecular weight is 425 g/mol. The van der Waals surface area contributed by atoms with Gasteiger partial charge in [0.25, 0.3) is 5.91 Å². The highest BCUT2D eigenvalue weighted by Gasteiger charge is 2.32. The van der Waals surface area contributed by atoms with Crippen LogP contribution in [0.1, 0.15) is 20.8 Å². The number of sulfone groups is 1. The van der Waals surface area contributed by atoms with Crippen molar-refractivity contribution in [2.45, 2.75) is 23.6 Å².